The molecule has 2 unspecified atom stereocenters. The van der Waals surface area contributed by atoms with Gasteiger partial charge in [0.2, 0.25) is 0 Å². The SMILES string of the molecule is COc1ccc2c(c1)C(C)C(C)(NC(=O)C(=O)N1CCCC1)Cn1c-2c(C2CCCCC2)c2ccc(C(=O)NS(=O)(=O)N(C)C)cc21. The van der Waals surface area contributed by atoms with E-state index in [0.29, 0.717) is 25.4 Å². The Hall–Kier alpha value is -3.90. The molecule has 252 valence electrons. The van der Waals surface area contributed by atoms with Crippen LogP contribution in [0.3, 0.4) is 0 Å². The Labute approximate surface area is 276 Å². The largest absolute Gasteiger partial charge is 0.497 e. The fraction of sp³-hybridized carbons (Fsp3) is 0.514. The van der Waals surface area contributed by atoms with Crippen LogP contribution in [0.25, 0.3) is 22.2 Å². The second-order valence-electron chi connectivity index (χ2n) is 13.7. The van der Waals surface area contributed by atoms with Crippen LogP contribution in [0.15, 0.2) is 36.4 Å². The number of amides is 3. The van der Waals surface area contributed by atoms with Crippen LogP contribution in [0.4, 0.5) is 0 Å². The third-order valence-electron chi connectivity index (χ3n) is 10.5. The molecule has 11 nitrogen and oxygen atoms in total. The van der Waals surface area contributed by atoms with Crippen LogP contribution in [-0.2, 0) is 26.3 Å². The molecule has 3 aliphatic rings. The molecule has 47 heavy (non-hydrogen) atoms. The standard InChI is InChI=1S/C35H45N5O6S/c1-22-28-20-25(46-5)14-16-26(28)31-30(23-11-7-6-8-12-23)27-15-13-24(32(41)37-47(44,45)38(3)4)19-29(27)40(31)21-35(22,2)36-33(42)34(43)39-17-9-10-18-39/h13-16,19-20,22-23H,6-12,17-18,21H2,1-5H3,(H,36,42)(H,37,41). The Morgan fingerprint density at radius 1 is 0.979 bits per heavy atom. The zero-order valence-electron chi connectivity index (χ0n) is 27.9. The van der Waals surface area contributed by atoms with Crippen LogP contribution in [0.1, 0.15) is 92.1 Å². The van der Waals surface area contributed by atoms with Crippen molar-refractivity contribution in [2.45, 2.75) is 82.7 Å². The number of hydrogen-bond acceptors (Lipinski definition) is 6. The van der Waals surface area contributed by atoms with E-state index in [2.05, 4.69) is 27.6 Å². The highest BCUT2D eigenvalue weighted by Crippen LogP contribution is 2.50. The summed E-state index contributed by atoms with van der Waals surface area (Å²) < 4.78 is 36.0. The number of carbonyl (C=O) groups is 3. The number of likely N-dealkylation sites (tertiary alicyclic amines) is 1. The summed E-state index contributed by atoms with van der Waals surface area (Å²) in [5, 5.41) is 4.16. The van der Waals surface area contributed by atoms with Gasteiger partial charge in [-0.3, -0.25) is 14.4 Å². The zero-order valence-corrected chi connectivity index (χ0v) is 28.7. The van der Waals surface area contributed by atoms with E-state index in [-0.39, 0.29) is 17.4 Å². The molecule has 1 aromatic heterocycles. The van der Waals surface area contributed by atoms with Gasteiger partial charge in [0, 0.05) is 61.7 Å². The van der Waals surface area contributed by atoms with Gasteiger partial charge in [-0.2, -0.15) is 12.7 Å². The van der Waals surface area contributed by atoms with Gasteiger partial charge in [0.15, 0.2) is 0 Å². The van der Waals surface area contributed by atoms with Gasteiger partial charge in [-0.25, -0.2) is 4.72 Å². The van der Waals surface area contributed by atoms with E-state index >= 15 is 0 Å². The van der Waals surface area contributed by atoms with E-state index in [1.807, 2.05) is 25.1 Å². The Kier molecular flexibility index (Phi) is 8.86. The van der Waals surface area contributed by atoms with E-state index in [1.54, 1.807) is 24.1 Å². The lowest BCUT2D eigenvalue weighted by Gasteiger charge is -2.36. The molecule has 2 aromatic carbocycles. The maximum atomic E-state index is 13.6. The summed E-state index contributed by atoms with van der Waals surface area (Å²) in [6.45, 7) is 5.51. The number of hydrogen-bond donors (Lipinski definition) is 2. The van der Waals surface area contributed by atoms with Crippen LogP contribution in [0.5, 0.6) is 5.75 Å². The molecule has 0 radical (unpaired) electrons. The minimum Gasteiger partial charge on any atom is -0.497 e. The molecule has 1 saturated heterocycles. The van der Waals surface area contributed by atoms with E-state index in [4.69, 9.17) is 4.74 Å². The topological polar surface area (TPSA) is 130 Å². The molecule has 0 bridgehead atoms. The molecular formula is C35H45N5O6S. The van der Waals surface area contributed by atoms with Crippen LogP contribution < -0.4 is 14.8 Å². The number of benzene rings is 2. The fourth-order valence-electron chi connectivity index (χ4n) is 7.62. The molecule has 3 heterocycles. The molecule has 3 amide bonds. The molecule has 2 aliphatic heterocycles. The fourth-order valence-corrected chi connectivity index (χ4v) is 8.15. The highest BCUT2D eigenvalue weighted by atomic mass is 32.2. The van der Waals surface area contributed by atoms with Crippen molar-refractivity contribution in [1.82, 2.24) is 23.8 Å². The van der Waals surface area contributed by atoms with Gasteiger partial charge in [-0.15, -0.1) is 0 Å². The molecule has 12 heteroatoms. The lowest BCUT2D eigenvalue weighted by atomic mass is 9.78. The molecule has 0 spiro atoms. The summed E-state index contributed by atoms with van der Waals surface area (Å²) in [5.74, 6) is -1.12. The summed E-state index contributed by atoms with van der Waals surface area (Å²) in [5.41, 5.74) is 4.31. The molecule has 6 rings (SSSR count). The van der Waals surface area contributed by atoms with E-state index in [9.17, 15) is 22.8 Å². The molecule has 2 fully saturated rings. The Bertz CT molecular complexity index is 1840. The molecular weight excluding hydrogens is 618 g/mol. The number of nitrogens with one attached hydrogen (secondary N) is 2. The molecule has 3 aromatic rings. The third kappa shape index (κ3) is 6.01. The lowest BCUT2D eigenvalue weighted by Crippen LogP contribution is -2.56. The number of rotatable bonds is 6. The van der Waals surface area contributed by atoms with Gasteiger partial charge in [-0.1, -0.05) is 32.3 Å². The maximum absolute atomic E-state index is 13.6. The Morgan fingerprint density at radius 2 is 1.68 bits per heavy atom. The van der Waals surface area contributed by atoms with Crippen molar-refractivity contribution in [3.8, 4) is 17.0 Å². The van der Waals surface area contributed by atoms with Gasteiger partial charge in [0.1, 0.15) is 5.75 Å². The first kappa shape index (κ1) is 33.0. The summed E-state index contributed by atoms with van der Waals surface area (Å²) in [4.78, 5) is 41.8. The summed E-state index contributed by atoms with van der Waals surface area (Å²) in [6, 6.07) is 11.4. The van der Waals surface area contributed by atoms with Crippen LogP contribution >= 0.6 is 0 Å². The monoisotopic (exact) mass is 663 g/mol. The van der Waals surface area contributed by atoms with Gasteiger partial charge < -0.3 is 19.5 Å². The first-order valence-corrected chi connectivity index (χ1v) is 18.0. The third-order valence-corrected chi connectivity index (χ3v) is 11.9. The Balaban J connectivity index is 1.56. The number of aromatic nitrogens is 1. The van der Waals surface area contributed by atoms with E-state index in [1.165, 1.54) is 26.1 Å². The van der Waals surface area contributed by atoms with Gasteiger partial charge in [-0.05, 0) is 80.0 Å². The van der Waals surface area contributed by atoms with Crippen molar-refractivity contribution in [3.63, 3.8) is 0 Å². The first-order chi connectivity index (χ1) is 22.3. The highest BCUT2D eigenvalue weighted by Gasteiger charge is 2.43. The predicted octanol–water partition coefficient (Wildman–Crippen LogP) is 4.52. The van der Waals surface area contributed by atoms with Crippen molar-refractivity contribution in [1.29, 1.82) is 0 Å². The minimum absolute atomic E-state index is 0.209. The van der Waals surface area contributed by atoms with Gasteiger partial charge >= 0.3 is 22.0 Å². The molecule has 1 aliphatic carbocycles. The second-order valence-corrected chi connectivity index (χ2v) is 15.6. The summed E-state index contributed by atoms with van der Waals surface area (Å²) >= 11 is 0. The minimum atomic E-state index is -4.00. The zero-order chi connectivity index (χ0) is 33.7. The molecule has 2 atom stereocenters. The lowest BCUT2D eigenvalue weighted by molar-refractivity contribution is -0.146. The maximum Gasteiger partial charge on any atom is 0.311 e. The predicted molar refractivity (Wildman–Crippen MR) is 181 cm³/mol. The molecule has 2 N–H and O–H groups in total. The van der Waals surface area contributed by atoms with Crippen LogP contribution in [0.2, 0.25) is 0 Å². The van der Waals surface area contributed by atoms with Crippen molar-refractivity contribution in [3.05, 3.63) is 53.1 Å². The number of methoxy groups -OCH3 is 1. The number of nitrogens with zero attached hydrogens (tertiary/aromatic N) is 3. The van der Waals surface area contributed by atoms with E-state index < -0.39 is 33.5 Å². The number of carbonyl (C=O) groups excluding carboxylic acids is 3. The number of ether oxygens (including phenoxy) is 1. The molecule has 1 saturated carbocycles. The average molecular weight is 664 g/mol. The van der Waals surface area contributed by atoms with Crippen molar-refractivity contribution < 1.29 is 27.5 Å². The van der Waals surface area contributed by atoms with Crippen molar-refractivity contribution in [2.75, 3.05) is 34.3 Å². The van der Waals surface area contributed by atoms with E-state index in [0.717, 1.165) is 70.6 Å². The van der Waals surface area contributed by atoms with Crippen LogP contribution in [0, 0.1) is 0 Å². The van der Waals surface area contributed by atoms with Gasteiger partial charge in [0.25, 0.3) is 5.91 Å². The summed E-state index contributed by atoms with van der Waals surface area (Å²) in [6.07, 6.45) is 7.27. The smallest absolute Gasteiger partial charge is 0.311 e. The summed E-state index contributed by atoms with van der Waals surface area (Å²) in [7, 11) is 0.349. The quantitative estimate of drug-likeness (QED) is 0.374. The van der Waals surface area contributed by atoms with Crippen molar-refractivity contribution >= 4 is 38.8 Å². The average Bonchev–Trinajstić information content (AvgIpc) is 3.68. The van der Waals surface area contributed by atoms with Crippen LogP contribution in [-0.4, -0.2) is 79.7 Å². The second kappa shape index (κ2) is 12.6. The highest BCUT2D eigenvalue weighted by molar-refractivity contribution is 7.87. The van der Waals surface area contributed by atoms with Crippen molar-refractivity contribution in [2.24, 2.45) is 0 Å². The normalized spacial score (nSPS) is 21.7. The first-order valence-electron chi connectivity index (χ1n) is 16.5. The Morgan fingerprint density at radius 3 is 2.34 bits per heavy atom. The number of fused-ring (bicyclic) bond motifs is 5. The van der Waals surface area contributed by atoms with Gasteiger partial charge in [0.05, 0.1) is 18.3 Å².